The molecule has 2 aromatic rings. The van der Waals surface area contributed by atoms with E-state index in [4.69, 9.17) is 16.0 Å². The van der Waals surface area contributed by atoms with E-state index in [1.807, 2.05) is 26.0 Å². The van der Waals surface area contributed by atoms with Gasteiger partial charge in [-0.2, -0.15) is 0 Å². The minimum atomic E-state index is 0.317. The molecule has 2 rings (SSSR count). The minimum Gasteiger partial charge on any atom is -0.398 e. The Labute approximate surface area is 87.9 Å². The monoisotopic (exact) mass is 203 g/mol. The third kappa shape index (κ3) is 1.54. The second kappa shape index (κ2) is 3.31. The Morgan fingerprint density at radius 3 is 2.47 bits per heavy atom. The summed E-state index contributed by atoms with van der Waals surface area (Å²) in [6.07, 6.45) is 1.60. The lowest BCUT2D eigenvalue weighted by atomic mass is 10.0. The van der Waals surface area contributed by atoms with Crippen molar-refractivity contribution in [3.05, 3.63) is 29.5 Å². The smallest absolute Gasteiger partial charge is 0.229 e. The fourth-order valence-corrected chi connectivity index (χ4v) is 1.51. The van der Waals surface area contributed by atoms with E-state index in [2.05, 4.69) is 5.16 Å². The van der Waals surface area contributed by atoms with Gasteiger partial charge in [-0.25, -0.2) is 0 Å². The van der Waals surface area contributed by atoms with Crippen LogP contribution in [0, 0.1) is 13.8 Å². The van der Waals surface area contributed by atoms with Crippen molar-refractivity contribution in [2.24, 2.45) is 0 Å². The van der Waals surface area contributed by atoms with Gasteiger partial charge in [-0.1, -0.05) is 11.2 Å². The van der Waals surface area contributed by atoms with Gasteiger partial charge >= 0.3 is 0 Å². The highest BCUT2D eigenvalue weighted by molar-refractivity contribution is 5.76. The number of anilines is 2. The van der Waals surface area contributed by atoms with Crippen molar-refractivity contribution >= 4 is 11.6 Å². The van der Waals surface area contributed by atoms with Crippen molar-refractivity contribution in [1.82, 2.24) is 5.16 Å². The van der Waals surface area contributed by atoms with E-state index in [1.54, 1.807) is 6.20 Å². The van der Waals surface area contributed by atoms with Gasteiger partial charge in [-0.15, -0.1) is 0 Å². The van der Waals surface area contributed by atoms with Crippen molar-refractivity contribution in [1.29, 1.82) is 0 Å². The van der Waals surface area contributed by atoms with Gasteiger partial charge in [0.2, 0.25) is 5.88 Å². The van der Waals surface area contributed by atoms with Crippen LogP contribution in [0.5, 0.6) is 0 Å². The molecule has 1 aromatic carbocycles. The Morgan fingerprint density at radius 2 is 1.93 bits per heavy atom. The maximum absolute atomic E-state index is 5.89. The van der Waals surface area contributed by atoms with Gasteiger partial charge in [0.1, 0.15) is 0 Å². The number of aromatic nitrogens is 1. The summed E-state index contributed by atoms with van der Waals surface area (Å²) in [5.41, 5.74) is 16.2. The van der Waals surface area contributed by atoms with Crippen LogP contribution in [0.4, 0.5) is 11.6 Å². The van der Waals surface area contributed by atoms with Crippen LogP contribution < -0.4 is 11.5 Å². The highest BCUT2D eigenvalue weighted by Gasteiger charge is 2.09. The first kappa shape index (κ1) is 9.58. The van der Waals surface area contributed by atoms with E-state index in [-0.39, 0.29) is 0 Å². The molecule has 15 heavy (non-hydrogen) atoms. The molecular formula is C11H13N3O. The predicted molar refractivity (Wildman–Crippen MR) is 60.2 cm³/mol. The second-order valence-electron chi connectivity index (χ2n) is 3.61. The van der Waals surface area contributed by atoms with Crippen LogP contribution in [0.3, 0.4) is 0 Å². The van der Waals surface area contributed by atoms with Gasteiger partial charge in [0.05, 0.1) is 11.8 Å². The molecule has 0 atom stereocenters. The standard InChI is InChI=1S/C11H13N3O/c1-6-3-8(4-10(12)7(6)2)9-5-14-15-11(9)13/h3-5H,12-13H2,1-2H3. The summed E-state index contributed by atoms with van der Waals surface area (Å²) < 4.78 is 4.82. The molecule has 78 valence electrons. The third-order valence-electron chi connectivity index (χ3n) is 2.62. The van der Waals surface area contributed by atoms with Gasteiger partial charge in [0, 0.05) is 5.69 Å². The zero-order chi connectivity index (χ0) is 11.0. The van der Waals surface area contributed by atoms with Gasteiger partial charge in [0.25, 0.3) is 0 Å². The first-order valence-electron chi connectivity index (χ1n) is 4.67. The molecule has 4 N–H and O–H groups in total. The molecular weight excluding hydrogens is 190 g/mol. The molecule has 0 saturated carbocycles. The summed E-state index contributed by atoms with van der Waals surface area (Å²) in [7, 11) is 0. The topological polar surface area (TPSA) is 78.1 Å². The molecule has 0 bridgehead atoms. The molecule has 0 aliphatic rings. The van der Waals surface area contributed by atoms with Crippen LogP contribution >= 0.6 is 0 Å². The van der Waals surface area contributed by atoms with Crippen LogP contribution in [-0.4, -0.2) is 5.16 Å². The maximum atomic E-state index is 5.89. The summed E-state index contributed by atoms with van der Waals surface area (Å²) in [6, 6.07) is 3.90. The average Bonchev–Trinajstić information content (AvgIpc) is 2.60. The van der Waals surface area contributed by atoms with Crippen LogP contribution in [0.2, 0.25) is 0 Å². The lowest BCUT2D eigenvalue weighted by molar-refractivity contribution is 0.436. The van der Waals surface area contributed by atoms with Gasteiger partial charge in [0.15, 0.2) is 0 Å². The largest absolute Gasteiger partial charge is 0.398 e. The Hall–Kier alpha value is -1.97. The molecule has 0 amide bonds. The number of hydrogen-bond acceptors (Lipinski definition) is 4. The molecule has 0 saturated heterocycles. The SMILES string of the molecule is Cc1cc(-c2cnoc2N)cc(N)c1C. The molecule has 0 radical (unpaired) electrons. The number of nitrogens with zero attached hydrogens (tertiary/aromatic N) is 1. The molecule has 4 nitrogen and oxygen atoms in total. The zero-order valence-corrected chi connectivity index (χ0v) is 8.74. The first-order chi connectivity index (χ1) is 7.09. The minimum absolute atomic E-state index is 0.317. The van der Waals surface area contributed by atoms with Gasteiger partial charge < -0.3 is 16.0 Å². The molecule has 0 aliphatic carbocycles. The fourth-order valence-electron chi connectivity index (χ4n) is 1.51. The Balaban J connectivity index is 2.60. The van der Waals surface area contributed by atoms with Crippen molar-refractivity contribution in [3.63, 3.8) is 0 Å². The van der Waals surface area contributed by atoms with Crippen molar-refractivity contribution in [3.8, 4) is 11.1 Å². The molecule has 0 aliphatic heterocycles. The van der Waals surface area contributed by atoms with Crippen molar-refractivity contribution in [2.45, 2.75) is 13.8 Å². The first-order valence-corrected chi connectivity index (χ1v) is 4.67. The molecule has 4 heteroatoms. The van der Waals surface area contributed by atoms with Crippen LogP contribution in [0.15, 0.2) is 22.9 Å². The number of nitrogens with two attached hydrogens (primary N) is 2. The Morgan fingerprint density at radius 1 is 1.20 bits per heavy atom. The van der Waals surface area contributed by atoms with E-state index >= 15 is 0 Å². The predicted octanol–water partition coefficient (Wildman–Crippen LogP) is 2.12. The molecule has 0 spiro atoms. The summed E-state index contributed by atoms with van der Waals surface area (Å²) in [4.78, 5) is 0. The highest BCUT2D eigenvalue weighted by atomic mass is 16.5. The van der Waals surface area contributed by atoms with Crippen LogP contribution in [0.25, 0.3) is 11.1 Å². The van der Waals surface area contributed by atoms with Crippen molar-refractivity contribution < 1.29 is 4.52 Å². The second-order valence-corrected chi connectivity index (χ2v) is 3.61. The molecule has 1 aromatic heterocycles. The van der Waals surface area contributed by atoms with E-state index in [0.717, 1.165) is 27.9 Å². The van der Waals surface area contributed by atoms with Crippen molar-refractivity contribution in [2.75, 3.05) is 11.5 Å². The molecule has 1 heterocycles. The lowest BCUT2D eigenvalue weighted by Gasteiger charge is -2.07. The number of nitrogen functional groups attached to an aromatic ring is 2. The summed E-state index contributed by atoms with van der Waals surface area (Å²) in [5, 5.41) is 3.64. The number of benzene rings is 1. The van der Waals surface area contributed by atoms with E-state index in [0.29, 0.717) is 5.88 Å². The number of aryl methyl sites for hydroxylation is 1. The highest BCUT2D eigenvalue weighted by Crippen LogP contribution is 2.29. The molecule has 0 fully saturated rings. The number of rotatable bonds is 1. The Kier molecular flexibility index (Phi) is 2.11. The Bertz CT molecular complexity index is 479. The maximum Gasteiger partial charge on any atom is 0.229 e. The molecule has 0 unspecified atom stereocenters. The average molecular weight is 203 g/mol. The quantitative estimate of drug-likeness (QED) is 0.696. The lowest BCUT2D eigenvalue weighted by Crippen LogP contribution is -1.94. The normalized spacial score (nSPS) is 10.5. The van der Waals surface area contributed by atoms with E-state index < -0.39 is 0 Å². The van der Waals surface area contributed by atoms with E-state index in [1.165, 1.54) is 0 Å². The summed E-state index contributed by atoms with van der Waals surface area (Å²) in [6.45, 7) is 4.00. The van der Waals surface area contributed by atoms with Gasteiger partial charge in [-0.05, 0) is 36.6 Å². The fraction of sp³-hybridized carbons (Fsp3) is 0.182. The van der Waals surface area contributed by atoms with Gasteiger partial charge in [-0.3, -0.25) is 0 Å². The van der Waals surface area contributed by atoms with Crippen LogP contribution in [-0.2, 0) is 0 Å². The summed E-state index contributed by atoms with van der Waals surface area (Å²) >= 11 is 0. The van der Waals surface area contributed by atoms with E-state index in [9.17, 15) is 0 Å². The third-order valence-corrected chi connectivity index (χ3v) is 2.62. The zero-order valence-electron chi connectivity index (χ0n) is 8.74. The summed E-state index contributed by atoms with van der Waals surface area (Å²) in [5.74, 6) is 0.317. The van der Waals surface area contributed by atoms with Crippen LogP contribution in [0.1, 0.15) is 11.1 Å². The number of hydrogen-bond donors (Lipinski definition) is 2.